The van der Waals surface area contributed by atoms with E-state index < -0.39 is 12.1 Å². The van der Waals surface area contributed by atoms with E-state index in [4.69, 9.17) is 0 Å². The molecule has 1 N–H and O–H groups in total. The molecule has 0 aromatic carbocycles. The second-order valence-electron chi connectivity index (χ2n) is 4.89. The van der Waals surface area contributed by atoms with Gasteiger partial charge in [0.05, 0.1) is 17.1 Å². The van der Waals surface area contributed by atoms with E-state index in [1.807, 2.05) is 12.3 Å². The van der Waals surface area contributed by atoms with Gasteiger partial charge in [-0.1, -0.05) is 0 Å². The Kier molecular flexibility index (Phi) is 4.27. The lowest BCUT2D eigenvalue weighted by Gasteiger charge is -2.31. The van der Waals surface area contributed by atoms with Gasteiger partial charge in [-0.3, -0.25) is 0 Å². The summed E-state index contributed by atoms with van der Waals surface area (Å²) in [5.74, 6) is -1.11. The topological polar surface area (TPSA) is 24.9 Å². The highest BCUT2D eigenvalue weighted by molar-refractivity contribution is 7.07. The van der Waals surface area contributed by atoms with Gasteiger partial charge in [0.2, 0.25) is 0 Å². The largest absolute Gasteiger partial charge is 0.391 e. The first kappa shape index (κ1) is 13.8. The Morgan fingerprint density at radius 3 is 2.50 bits per heavy atom. The van der Waals surface area contributed by atoms with Gasteiger partial charge in [-0.05, 0) is 32.6 Å². The van der Waals surface area contributed by atoms with Crippen molar-refractivity contribution >= 4 is 11.3 Å². The predicted molar refractivity (Wildman–Crippen MR) is 65.5 cm³/mol. The Bertz CT molecular complexity index is 356. The van der Waals surface area contributed by atoms with Gasteiger partial charge in [-0.2, -0.15) is 13.2 Å². The molecule has 1 fully saturated rings. The molecule has 2 nitrogen and oxygen atoms in total. The van der Waals surface area contributed by atoms with Crippen LogP contribution in [0.3, 0.4) is 0 Å². The zero-order chi connectivity index (χ0) is 13.2. The average molecular weight is 278 g/mol. The average Bonchev–Trinajstić information content (AvgIpc) is 2.82. The van der Waals surface area contributed by atoms with Crippen LogP contribution in [0.5, 0.6) is 0 Å². The van der Waals surface area contributed by atoms with Crippen LogP contribution in [0.1, 0.15) is 44.3 Å². The smallest absolute Gasteiger partial charge is 0.306 e. The van der Waals surface area contributed by atoms with E-state index in [0.29, 0.717) is 12.8 Å². The molecule has 0 amide bonds. The fourth-order valence-electron chi connectivity index (χ4n) is 2.46. The number of nitrogens with zero attached hydrogens (tertiary/aromatic N) is 1. The van der Waals surface area contributed by atoms with Crippen LogP contribution in [0.4, 0.5) is 13.2 Å². The van der Waals surface area contributed by atoms with Gasteiger partial charge in [-0.15, -0.1) is 11.3 Å². The summed E-state index contributed by atoms with van der Waals surface area (Å²) >= 11 is 1.53. The third-order valence-corrected chi connectivity index (χ3v) is 4.18. The van der Waals surface area contributed by atoms with Gasteiger partial charge >= 0.3 is 6.18 Å². The van der Waals surface area contributed by atoms with Crippen molar-refractivity contribution < 1.29 is 13.2 Å². The minimum absolute atomic E-state index is 0.115. The van der Waals surface area contributed by atoms with Crippen LogP contribution in [0.25, 0.3) is 0 Å². The number of rotatable bonds is 3. The standard InChI is InChI=1S/C12H17F3N2S/c1-8(11-6-18-7-16-11)17-10-4-2-9(3-5-10)12(13,14)15/h6-10,17H,2-5H2,1H3. The molecule has 1 aliphatic rings. The van der Waals surface area contributed by atoms with Gasteiger partial charge in [0, 0.05) is 17.5 Å². The van der Waals surface area contributed by atoms with E-state index in [2.05, 4.69) is 10.3 Å². The maximum Gasteiger partial charge on any atom is 0.391 e. The maximum atomic E-state index is 12.5. The first-order valence-electron chi connectivity index (χ1n) is 6.17. The van der Waals surface area contributed by atoms with Crippen molar-refractivity contribution in [3.05, 3.63) is 16.6 Å². The molecule has 0 spiro atoms. The summed E-state index contributed by atoms with van der Waals surface area (Å²) in [6.07, 6.45) is -2.35. The van der Waals surface area contributed by atoms with E-state index in [-0.39, 0.29) is 24.9 Å². The summed E-state index contributed by atoms with van der Waals surface area (Å²) in [5.41, 5.74) is 2.74. The fraction of sp³-hybridized carbons (Fsp3) is 0.750. The quantitative estimate of drug-likeness (QED) is 0.906. The van der Waals surface area contributed by atoms with E-state index in [0.717, 1.165) is 5.69 Å². The molecule has 1 saturated carbocycles. The van der Waals surface area contributed by atoms with Crippen LogP contribution in [0.2, 0.25) is 0 Å². The number of alkyl halides is 3. The minimum Gasteiger partial charge on any atom is -0.306 e. The SMILES string of the molecule is CC(NC1CCC(C(F)(F)F)CC1)c1cscn1. The summed E-state index contributed by atoms with van der Waals surface area (Å²) < 4.78 is 37.6. The highest BCUT2D eigenvalue weighted by atomic mass is 32.1. The first-order valence-corrected chi connectivity index (χ1v) is 7.12. The predicted octanol–water partition coefficient (Wildman–Crippen LogP) is 3.91. The normalized spacial score (nSPS) is 27.1. The van der Waals surface area contributed by atoms with Crippen molar-refractivity contribution in [1.29, 1.82) is 0 Å². The Balaban J connectivity index is 1.80. The van der Waals surface area contributed by atoms with Gasteiger partial charge in [0.15, 0.2) is 0 Å². The molecule has 1 aliphatic carbocycles. The third-order valence-electron chi connectivity index (χ3n) is 3.57. The Hall–Kier alpha value is -0.620. The summed E-state index contributed by atoms with van der Waals surface area (Å²) in [4.78, 5) is 4.21. The van der Waals surface area contributed by atoms with Crippen molar-refractivity contribution in [3.8, 4) is 0 Å². The number of hydrogen-bond acceptors (Lipinski definition) is 3. The molecule has 0 aliphatic heterocycles. The number of nitrogens with one attached hydrogen (secondary N) is 1. The molecule has 1 unspecified atom stereocenters. The maximum absolute atomic E-state index is 12.5. The van der Waals surface area contributed by atoms with Crippen molar-refractivity contribution in [2.45, 2.75) is 50.9 Å². The molecule has 18 heavy (non-hydrogen) atoms. The van der Waals surface area contributed by atoms with Crippen LogP contribution >= 0.6 is 11.3 Å². The molecule has 1 aromatic rings. The van der Waals surface area contributed by atoms with E-state index >= 15 is 0 Å². The second-order valence-corrected chi connectivity index (χ2v) is 5.61. The summed E-state index contributed by atoms with van der Waals surface area (Å²) in [6, 6.07) is 0.295. The lowest BCUT2D eigenvalue weighted by molar-refractivity contribution is -0.182. The molecular formula is C12H17F3N2S. The van der Waals surface area contributed by atoms with Crippen molar-refractivity contribution in [3.63, 3.8) is 0 Å². The molecule has 1 heterocycles. The number of aromatic nitrogens is 1. The minimum atomic E-state index is -4.02. The highest BCUT2D eigenvalue weighted by Crippen LogP contribution is 2.37. The third kappa shape index (κ3) is 3.45. The van der Waals surface area contributed by atoms with Crippen LogP contribution in [0, 0.1) is 5.92 Å². The van der Waals surface area contributed by atoms with E-state index in [1.54, 1.807) is 5.51 Å². The lowest BCUT2D eigenvalue weighted by atomic mass is 9.85. The fourth-order valence-corrected chi connectivity index (χ4v) is 3.11. The molecule has 1 aromatic heterocycles. The van der Waals surface area contributed by atoms with Gasteiger partial charge < -0.3 is 5.32 Å². The molecule has 102 valence electrons. The Labute approximate surface area is 109 Å². The highest BCUT2D eigenvalue weighted by Gasteiger charge is 2.41. The molecule has 1 atom stereocenters. The van der Waals surface area contributed by atoms with Crippen LogP contribution in [0.15, 0.2) is 10.9 Å². The van der Waals surface area contributed by atoms with Crippen LogP contribution < -0.4 is 5.32 Å². The number of hydrogen-bond donors (Lipinski definition) is 1. The summed E-state index contributed by atoms with van der Waals surface area (Å²) in [7, 11) is 0. The Morgan fingerprint density at radius 1 is 1.33 bits per heavy atom. The Morgan fingerprint density at radius 2 is 2.00 bits per heavy atom. The lowest BCUT2D eigenvalue weighted by Crippen LogP contribution is -2.38. The zero-order valence-corrected chi connectivity index (χ0v) is 11.0. The van der Waals surface area contributed by atoms with Crippen LogP contribution in [-0.4, -0.2) is 17.2 Å². The van der Waals surface area contributed by atoms with Gasteiger partial charge in [0.25, 0.3) is 0 Å². The molecular weight excluding hydrogens is 261 g/mol. The summed E-state index contributed by atoms with van der Waals surface area (Å²) in [5, 5.41) is 5.34. The summed E-state index contributed by atoms with van der Waals surface area (Å²) in [6.45, 7) is 2.00. The molecule has 6 heteroatoms. The molecule has 0 saturated heterocycles. The second kappa shape index (κ2) is 5.57. The molecule has 0 radical (unpaired) electrons. The van der Waals surface area contributed by atoms with Gasteiger partial charge in [0.1, 0.15) is 0 Å². The van der Waals surface area contributed by atoms with Crippen molar-refractivity contribution in [2.75, 3.05) is 0 Å². The molecule has 0 bridgehead atoms. The van der Waals surface area contributed by atoms with Crippen molar-refractivity contribution in [2.24, 2.45) is 5.92 Å². The van der Waals surface area contributed by atoms with E-state index in [1.165, 1.54) is 11.3 Å². The molecule has 2 rings (SSSR count). The number of thiazole rings is 1. The number of halogens is 3. The monoisotopic (exact) mass is 278 g/mol. The van der Waals surface area contributed by atoms with Crippen molar-refractivity contribution in [1.82, 2.24) is 10.3 Å². The van der Waals surface area contributed by atoms with E-state index in [9.17, 15) is 13.2 Å². The first-order chi connectivity index (χ1) is 8.47. The van der Waals surface area contributed by atoms with Gasteiger partial charge in [-0.25, -0.2) is 4.98 Å². The van der Waals surface area contributed by atoms with Crippen LogP contribution in [-0.2, 0) is 0 Å². The zero-order valence-electron chi connectivity index (χ0n) is 10.2.